The van der Waals surface area contributed by atoms with Crippen LogP contribution in [-0.2, 0) is 24.1 Å². The molecule has 0 saturated carbocycles. The summed E-state index contributed by atoms with van der Waals surface area (Å²) in [6.07, 6.45) is 3.51. The largest absolute Gasteiger partial charge is 0.475 e. The van der Waals surface area contributed by atoms with E-state index >= 15 is 0 Å². The molecule has 0 spiro atoms. The van der Waals surface area contributed by atoms with Crippen LogP contribution in [0.3, 0.4) is 0 Å². The van der Waals surface area contributed by atoms with Gasteiger partial charge in [0.05, 0.1) is 12.5 Å². The van der Waals surface area contributed by atoms with Gasteiger partial charge in [-0.15, -0.1) is 0 Å². The maximum Gasteiger partial charge on any atom is 0.221 e. The van der Waals surface area contributed by atoms with Crippen molar-refractivity contribution < 1.29 is 9.53 Å². The number of nitrogens with one attached hydrogen (secondary N) is 1. The summed E-state index contributed by atoms with van der Waals surface area (Å²) in [5.41, 5.74) is 10.6. The molecule has 5 heteroatoms. The van der Waals surface area contributed by atoms with Gasteiger partial charge in [0, 0.05) is 23.1 Å². The second kappa shape index (κ2) is 6.91. The SMILES string of the molecule is CC(C)Oc1cc(Nc2ccc(CC(N)=O)cc2)c2c(n1)CCC2. The molecule has 2 aromatic rings. The van der Waals surface area contributed by atoms with Gasteiger partial charge in [0.15, 0.2) is 0 Å². The number of aryl methyl sites for hydroxylation is 1. The fourth-order valence-corrected chi connectivity index (χ4v) is 2.99. The summed E-state index contributed by atoms with van der Waals surface area (Å²) < 4.78 is 5.78. The summed E-state index contributed by atoms with van der Waals surface area (Å²) in [5, 5.41) is 3.46. The summed E-state index contributed by atoms with van der Waals surface area (Å²) in [7, 11) is 0. The summed E-state index contributed by atoms with van der Waals surface area (Å²) >= 11 is 0. The average molecular weight is 325 g/mol. The van der Waals surface area contributed by atoms with Crippen LogP contribution in [0.4, 0.5) is 11.4 Å². The Morgan fingerprint density at radius 1 is 1.29 bits per heavy atom. The maximum absolute atomic E-state index is 11.0. The van der Waals surface area contributed by atoms with Crippen LogP contribution in [0.2, 0.25) is 0 Å². The zero-order valence-electron chi connectivity index (χ0n) is 14.1. The number of ether oxygens (including phenoxy) is 1. The van der Waals surface area contributed by atoms with Gasteiger partial charge in [-0.25, -0.2) is 4.98 Å². The lowest BCUT2D eigenvalue weighted by atomic mass is 10.1. The molecule has 0 unspecified atom stereocenters. The number of carbonyl (C=O) groups excluding carboxylic acids is 1. The van der Waals surface area contributed by atoms with Gasteiger partial charge in [-0.1, -0.05) is 12.1 Å². The summed E-state index contributed by atoms with van der Waals surface area (Å²) in [6, 6.07) is 9.73. The lowest BCUT2D eigenvalue weighted by molar-refractivity contribution is -0.117. The number of pyridine rings is 1. The minimum atomic E-state index is -0.321. The molecule has 3 rings (SSSR count). The van der Waals surface area contributed by atoms with Gasteiger partial charge in [-0.3, -0.25) is 4.79 Å². The van der Waals surface area contributed by atoms with Crippen LogP contribution in [0.5, 0.6) is 5.88 Å². The Labute approximate surface area is 142 Å². The highest BCUT2D eigenvalue weighted by Gasteiger charge is 2.19. The summed E-state index contributed by atoms with van der Waals surface area (Å²) in [5.74, 6) is 0.344. The number of nitrogens with two attached hydrogens (primary N) is 1. The highest BCUT2D eigenvalue weighted by atomic mass is 16.5. The fraction of sp³-hybridized carbons (Fsp3) is 0.368. The number of aromatic nitrogens is 1. The van der Waals surface area contributed by atoms with Crippen LogP contribution in [0.25, 0.3) is 0 Å². The van der Waals surface area contributed by atoms with Crippen molar-refractivity contribution >= 4 is 17.3 Å². The number of nitrogens with zero attached hydrogens (tertiary/aromatic N) is 1. The normalized spacial score (nSPS) is 13.0. The predicted octanol–water partition coefficient (Wildman–Crippen LogP) is 3.13. The molecule has 1 aromatic heterocycles. The molecule has 24 heavy (non-hydrogen) atoms. The fourth-order valence-electron chi connectivity index (χ4n) is 2.99. The van der Waals surface area contributed by atoms with Crippen molar-refractivity contribution in [3.63, 3.8) is 0 Å². The molecule has 1 heterocycles. The lowest BCUT2D eigenvalue weighted by Crippen LogP contribution is -2.13. The van der Waals surface area contributed by atoms with Gasteiger partial charge in [0.1, 0.15) is 0 Å². The van der Waals surface area contributed by atoms with Crippen molar-refractivity contribution in [3.05, 3.63) is 47.2 Å². The molecule has 126 valence electrons. The van der Waals surface area contributed by atoms with Gasteiger partial charge in [-0.2, -0.15) is 0 Å². The second-order valence-electron chi connectivity index (χ2n) is 6.42. The first-order chi connectivity index (χ1) is 11.5. The molecule has 1 aliphatic rings. The molecule has 1 aromatic carbocycles. The molecule has 0 atom stereocenters. The zero-order valence-corrected chi connectivity index (χ0v) is 14.1. The smallest absolute Gasteiger partial charge is 0.221 e. The van der Waals surface area contributed by atoms with Crippen LogP contribution in [0.1, 0.15) is 37.1 Å². The molecule has 0 radical (unpaired) electrons. The van der Waals surface area contributed by atoms with Gasteiger partial charge in [0.2, 0.25) is 11.8 Å². The second-order valence-corrected chi connectivity index (χ2v) is 6.42. The first-order valence-corrected chi connectivity index (χ1v) is 8.35. The van der Waals surface area contributed by atoms with Crippen molar-refractivity contribution in [2.45, 2.75) is 45.6 Å². The minimum absolute atomic E-state index is 0.0953. The third-order valence-electron chi connectivity index (χ3n) is 3.99. The Balaban J connectivity index is 1.83. The minimum Gasteiger partial charge on any atom is -0.475 e. The maximum atomic E-state index is 11.0. The average Bonchev–Trinajstić information content (AvgIpc) is 2.96. The van der Waals surface area contributed by atoms with E-state index in [9.17, 15) is 4.79 Å². The number of fused-ring (bicyclic) bond motifs is 1. The zero-order chi connectivity index (χ0) is 17.1. The molecule has 3 N–H and O–H groups in total. The van der Waals surface area contributed by atoms with Gasteiger partial charge >= 0.3 is 0 Å². The van der Waals surface area contributed by atoms with E-state index in [0.717, 1.165) is 41.9 Å². The number of anilines is 2. The van der Waals surface area contributed by atoms with Gasteiger partial charge in [-0.05, 0) is 56.4 Å². The van der Waals surface area contributed by atoms with Gasteiger partial charge in [0.25, 0.3) is 0 Å². The topological polar surface area (TPSA) is 77.2 Å². The van der Waals surface area contributed by atoms with Crippen LogP contribution < -0.4 is 15.8 Å². The number of carbonyl (C=O) groups is 1. The first-order valence-electron chi connectivity index (χ1n) is 8.35. The standard InChI is InChI=1S/C19H23N3O2/c1-12(2)24-19-11-17(15-4-3-5-16(15)22-19)21-14-8-6-13(7-9-14)10-18(20)23/h6-9,11-12H,3-5,10H2,1-2H3,(H2,20,23)(H,21,22). The number of hydrogen-bond acceptors (Lipinski definition) is 4. The number of amides is 1. The molecular weight excluding hydrogens is 302 g/mol. The number of hydrogen-bond donors (Lipinski definition) is 2. The van der Waals surface area contributed by atoms with Crippen molar-refractivity contribution in [2.75, 3.05) is 5.32 Å². The summed E-state index contributed by atoms with van der Waals surface area (Å²) in [4.78, 5) is 15.6. The van der Waals surface area contributed by atoms with Crippen molar-refractivity contribution in [1.82, 2.24) is 4.98 Å². The lowest BCUT2D eigenvalue weighted by Gasteiger charge is -2.15. The number of benzene rings is 1. The number of primary amides is 1. The van der Waals surface area contributed by atoms with Gasteiger partial charge < -0.3 is 15.8 Å². The third kappa shape index (κ3) is 3.85. The Morgan fingerprint density at radius 2 is 2.04 bits per heavy atom. The molecule has 1 aliphatic carbocycles. The van der Waals surface area contributed by atoms with E-state index in [-0.39, 0.29) is 18.4 Å². The molecule has 0 fully saturated rings. The predicted molar refractivity (Wildman–Crippen MR) is 94.6 cm³/mol. The van der Waals surface area contributed by atoms with E-state index < -0.39 is 0 Å². The quantitative estimate of drug-likeness (QED) is 0.855. The van der Waals surface area contributed by atoms with E-state index in [2.05, 4.69) is 10.3 Å². The van der Waals surface area contributed by atoms with E-state index in [0.29, 0.717) is 5.88 Å². The van der Waals surface area contributed by atoms with Crippen molar-refractivity contribution in [1.29, 1.82) is 0 Å². The molecule has 1 amide bonds. The summed E-state index contributed by atoms with van der Waals surface area (Å²) in [6.45, 7) is 4.00. The molecule has 0 saturated heterocycles. The van der Waals surface area contributed by atoms with Crippen LogP contribution in [0.15, 0.2) is 30.3 Å². The van der Waals surface area contributed by atoms with E-state index in [1.54, 1.807) is 0 Å². The highest BCUT2D eigenvalue weighted by Crippen LogP contribution is 2.33. The third-order valence-corrected chi connectivity index (χ3v) is 3.99. The first kappa shape index (κ1) is 16.3. The molecule has 5 nitrogen and oxygen atoms in total. The Morgan fingerprint density at radius 3 is 2.71 bits per heavy atom. The Bertz CT molecular complexity index is 739. The molecule has 0 bridgehead atoms. The molecule has 0 aliphatic heterocycles. The van der Waals surface area contributed by atoms with Crippen molar-refractivity contribution in [3.8, 4) is 5.88 Å². The monoisotopic (exact) mass is 325 g/mol. The van der Waals surface area contributed by atoms with E-state index in [1.807, 2.05) is 44.2 Å². The van der Waals surface area contributed by atoms with Crippen LogP contribution in [-0.4, -0.2) is 17.0 Å². The van der Waals surface area contributed by atoms with Crippen LogP contribution >= 0.6 is 0 Å². The highest BCUT2D eigenvalue weighted by molar-refractivity contribution is 5.77. The number of rotatable bonds is 6. The Hall–Kier alpha value is -2.56. The van der Waals surface area contributed by atoms with Crippen molar-refractivity contribution in [2.24, 2.45) is 5.73 Å². The molecular formula is C19H23N3O2. The van der Waals surface area contributed by atoms with E-state index in [4.69, 9.17) is 10.5 Å². The van der Waals surface area contributed by atoms with Crippen LogP contribution in [0, 0.1) is 0 Å². The Kier molecular flexibility index (Phi) is 4.69. The van der Waals surface area contributed by atoms with E-state index in [1.165, 1.54) is 5.56 Å².